The molecule has 2 aromatic carbocycles. The molecule has 3 N–H and O–H groups in total. The lowest BCUT2D eigenvalue weighted by molar-refractivity contribution is -0.139. The van der Waals surface area contributed by atoms with Gasteiger partial charge in [0.25, 0.3) is 0 Å². The molecule has 7 heteroatoms. The van der Waals surface area contributed by atoms with Gasteiger partial charge in [0, 0.05) is 24.4 Å². The Kier molecular flexibility index (Phi) is 4.80. The van der Waals surface area contributed by atoms with Gasteiger partial charge in [0.2, 0.25) is 5.91 Å². The number of fused-ring (bicyclic) bond motifs is 3. The summed E-state index contributed by atoms with van der Waals surface area (Å²) in [5.74, 6) is -1.50. The summed E-state index contributed by atoms with van der Waals surface area (Å²) in [4.78, 5) is 35.7. The van der Waals surface area contributed by atoms with Gasteiger partial charge in [-0.15, -0.1) is 0 Å². The monoisotopic (exact) mass is 392 g/mol. The van der Waals surface area contributed by atoms with E-state index in [9.17, 15) is 19.5 Å². The van der Waals surface area contributed by atoms with Crippen molar-refractivity contribution in [2.45, 2.75) is 25.3 Å². The van der Waals surface area contributed by atoms with Gasteiger partial charge in [-0.05, 0) is 42.3 Å². The van der Waals surface area contributed by atoms with E-state index in [1.807, 2.05) is 18.2 Å². The first kappa shape index (κ1) is 18.7. The number of carboxylic acids is 1. The summed E-state index contributed by atoms with van der Waals surface area (Å²) in [5, 5.41) is 15.3. The number of amides is 1. The number of carboxylic acid groups (broad SMARTS) is 1. The van der Waals surface area contributed by atoms with Crippen LogP contribution in [0.25, 0.3) is 0 Å². The molecule has 148 valence electrons. The molecule has 0 saturated carbocycles. The molecule has 1 heterocycles. The SMILES string of the molecule is CC(=O)Nc1ccc(OC(=O)c2cccc3c2N[C@@H](C(=O)O)[C@H]2CC=C[C@H]32)cc1. The number of aliphatic carboxylic acids is 1. The van der Waals surface area contributed by atoms with Crippen LogP contribution in [0, 0.1) is 5.92 Å². The number of carbonyl (C=O) groups is 3. The number of para-hydroxylation sites is 1. The lowest BCUT2D eigenvalue weighted by atomic mass is 9.78. The second-order valence-electron chi connectivity index (χ2n) is 7.18. The maximum absolute atomic E-state index is 12.8. The molecule has 7 nitrogen and oxygen atoms in total. The lowest BCUT2D eigenvalue weighted by Crippen LogP contribution is -2.42. The van der Waals surface area contributed by atoms with E-state index in [0.717, 1.165) is 5.56 Å². The first-order chi connectivity index (χ1) is 13.9. The first-order valence-corrected chi connectivity index (χ1v) is 9.33. The number of carbonyl (C=O) groups excluding carboxylic acids is 2. The number of nitrogens with one attached hydrogen (secondary N) is 2. The van der Waals surface area contributed by atoms with Crippen LogP contribution in [0.4, 0.5) is 11.4 Å². The van der Waals surface area contributed by atoms with Crippen LogP contribution in [0.15, 0.2) is 54.6 Å². The van der Waals surface area contributed by atoms with Gasteiger partial charge >= 0.3 is 11.9 Å². The molecule has 0 spiro atoms. The highest BCUT2D eigenvalue weighted by Crippen LogP contribution is 2.45. The number of anilines is 2. The third kappa shape index (κ3) is 3.59. The van der Waals surface area contributed by atoms with Gasteiger partial charge in [-0.1, -0.05) is 24.3 Å². The molecule has 3 atom stereocenters. The minimum atomic E-state index is -0.939. The topological polar surface area (TPSA) is 105 Å². The Morgan fingerprint density at radius 2 is 1.90 bits per heavy atom. The quantitative estimate of drug-likeness (QED) is 0.418. The molecule has 0 aromatic heterocycles. The lowest BCUT2D eigenvalue weighted by Gasteiger charge is -2.35. The highest BCUT2D eigenvalue weighted by molar-refractivity contribution is 5.99. The minimum absolute atomic E-state index is 0.0444. The van der Waals surface area contributed by atoms with E-state index in [1.54, 1.807) is 36.4 Å². The van der Waals surface area contributed by atoms with Crippen molar-refractivity contribution in [2.24, 2.45) is 5.92 Å². The van der Waals surface area contributed by atoms with Crippen LogP contribution < -0.4 is 15.4 Å². The van der Waals surface area contributed by atoms with Gasteiger partial charge in [-0.25, -0.2) is 9.59 Å². The molecule has 0 radical (unpaired) electrons. The van der Waals surface area contributed by atoms with Gasteiger partial charge in [0.05, 0.1) is 11.3 Å². The van der Waals surface area contributed by atoms with E-state index in [2.05, 4.69) is 10.6 Å². The molecule has 1 aliphatic heterocycles. The van der Waals surface area contributed by atoms with Crippen molar-refractivity contribution in [2.75, 3.05) is 10.6 Å². The summed E-state index contributed by atoms with van der Waals surface area (Å²) < 4.78 is 5.48. The fourth-order valence-corrected chi connectivity index (χ4v) is 4.01. The Hall–Kier alpha value is -3.61. The van der Waals surface area contributed by atoms with Crippen molar-refractivity contribution < 1.29 is 24.2 Å². The maximum atomic E-state index is 12.8. The average molecular weight is 392 g/mol. The van der Waals surface area contributed by atoms with Crippen molar-refractivity contribution in [1.29, 1.82) is 0 Å². The van der Waals surface area contributed by atoms with Gasteiger partial charge in [-0.2, -0.15) is 0 Å². The van der Waals surface area contributed by atoms with E-state index in [4.69, 9.17) is 4.74 Å². The third-order valence-corrected chi connectivity index (χ3v) is 5.27. The number of rotatable bonds is 4. The Bertz CT molecular complexity index is 1010. The zero-order valence-electron chi connectivity index (χ0n) is 15.7. The van der Waals surface area contributed by atoms with Crippen molar-refractivity contribution >= 4 is 29.2 Å². The molecule has 29 heavy (non-hydrogen) atoms. The second-order valence-corrected chi connectivity index (χ2v) is 7.18. The van der Waals surface area contributed by atoms with E-state index >= 15 is 0 Å². The molecule has 1 aliphatic carbocycles. The van der Waals surface area contributed by atoms with Crippen molar-refractivity contribution in [3.63, 3.8) is 0 Å². The van der Waals surface area contributed by atoms with Crippen LogP contribution in [0.5, 0.6) is 5.75 Å². The third-order valence-electron chi connectivity index (χ3n) is 5.27. The summed E-state index contributed by atoms with van der Waals surface area (Å²) in [7, 11) is 0. The van der Waals surface area contributed by atoms with E-state index < -0.39 is 18.0 Å². The van der Waals surface area contributed by atoms with E-state index in [-0.39, 0.29) is 17.7 Å². The molecule has 0 bridgehead atoms. The van der Waals surface area contributed by atoms with Crippen LogP contribution in [-0.4, -0.2) is 29.0 Å². The predicted octanol–water partition coefficient (Wildman–Crippen LogP) is 3.40. The molecule has 1 amide bonds. The van der Waals surface area contributed by atoms with Crippen molar-refractivity contribution in [3.8, 4) is 5.75 Å². The van der Waals surface area contributed by atoms with Crippen LogP contribution in [0.3, 0.4) is 0 Å². The zero-order chi connectivity index (χ0) is 20.5. The van der Waals surface area contributed by atoms with E-state index in [0.29, 0.717) is 29.1 Å². The number of hydrogen-bond acceptors (Lipinski definition) is 5. The highest BCUT2D eigenvalue weighted by atomic mass is 16.5. The minimum Gasteiger partial charge on any atom is -0.480 e. The fraction of sp³-hybridized carbons (Fsp3) is 0.227. The normalized spacial score (nSPS) is 21.5. The first-order valence-electron chi connectivity index (χ1n) is 9.33. The second kappa shape index (κ2) is 7.43. The molecular weight excluding hydrogens is 372 g/mol. The molecular formula is C22H20N2O5. The van der Waals surface area contributed by atoms with Gasteiger partial charge in [0.15, 0.2) is 0 Å². The largest absolute Gasteiger partial charge is 0.480 e. The molecule has 2 aliphatic rings. The Balaban J connectivity index is 1.60. The van der Waals surface area contributed by atoms with Crippen LogP contribution >= 0.6 is 0 Å². The summed E-state index contributed by atoms with van der Waals surface area (Å²) in [5.41, 5.74) is 2.29. The molecule has 0 saturated heterocycles. The fourth-order valence-electron chi connectivity index (χ4n) is 4.01. The smallest absolute Gasteiger partial charge is 0.345 e. The number of ether oxygens (including phenoxy) is 1. The molecule has 4 rings (SSSR count). The molecule has 2 aromatic rings. The zero-order valence-corrected chi connectivity index (χ0v) is 15.7. The molecule has 0 unspecified atom stereocenters. The maximum Gasteiger partial charge on any atom is 0.345 e. The standard InChI is InChI=1S/C22H20N2O5/c1-12(25)23-13-8-10-14(11-9-13)29-22(28)18-7-3-5-16-15-4-2-6-17(15)20(21(26)27)24-19(16)18/h2-5,7-11,15,17,20,24H,6H2,1H3,(H,23,25)(H,26,27)/t15-,17+,20-/m1/s1. The number of allylic oxidation sites excluding steroid dienone is 2. The Morgan fingerprint density at radius 1 is 1.14 bits per heavy atom. The van der Waals surface area contributed by atoms with Crippen molar-refractivity contribution in [1.82, 2.24) is 0 Å². The summed E-state index contributed by atoms with van der Waals surface area (Å²) >= 11 is 0. The predicted molar refractivity (Wildman–Crippen MR) is 107 cm³/mol. The summed E-state index contributed by atoms with van der Waals surface area (Å²) in [6.45, 7) is 1.41. The highest BCUT2D eigenvalue weighted by Gasteiger charge is 2.42. The van der Waals surface area contributed by atoms with Gasteiger partial charge in [-0.3, -0.25) is 4.79 Å². The van der Waals surface area contributed by atoms with Crippen molar-refractivity contribution in [3.05, 3.63) is 65.7 Å². The number of hydrogen-bond donors (Lipinski definition) is 3. The van der Waals surface area contributed by atoms with Crippen LogP contribution in [0.1, 0.15) is 35.2 Å². The number of esters is 1. The van der Waals surface area contributed by atoms with Gasteiger partial charge in [0.1, 0.15) is 11.8 Å². The van der Waals surface area contributed by atoms with E-state index in [1.165, 1.54) is 6.92 Å². The Morgan fingerprint density at radius 3 is 2.59 bits per heavy atom. The Labute approximate surface area is 167 Å². The summed E-state index contributed by atoms with van der Waals surface area (Å²) in [6.07, 6.45) is 4.68. The number of benzene rings is 2. The van der Waals surface area contributed by atoms with Crippen LogP contribution in [0.2, 0.25) is 0 Å². The molecule has 0 fully saturated rings. The van der Waals surface area contributed by atoms with Crippen LogP contribution in [-0.2, 0) is 9.59 Å². The van der Waals surface area contributed by atoms with Gasteiger partial charge < -0.3 is 20.5 Å². The summed E-state index contributed by atoms with van der Waals surface area (Å²) in [6, 6.07) is 11.0. The average Bonchev–Trinajstić information content (AvgIpc) is 3.18.